The van der Waals surface area contributed by atoms with Crippen LogP contribution in [-0.4, -0.2) is 20.9 Å². The van der Waals surface area contributed by atoms with Crippen LogP contribution in [0.25, 0.3) is 11.4 Å². The number of Topliss-reactive ketones (excluding diaryl/α,β-unsaturated/α-hetero) is 1. The minimum Gasteiger partial charge on any atom is -0.338 e. The molecule has 0 atom stereocenters. The van der Waals surface area contributed by atoms with Crippen LogP contribution in [0.15, 0.2) is 29.0 Å². The van der Waals surface area contributed by atoms with Crippen molar-refractivity contribution in [3.8, 4) is 11.4 Å². The highest BCUT2D eigenvalue weighted by atomic mass is 16.5. The molecule has 19 heavy (non-hydrogen) atoms. The van der Waals surface area contributed by atoms with Crippen molar-refractivity contribution in [3.63, 3.8) is 0 Å². The Hall–Kier alpha value is -2.04. The number of hydrogen-bond acceptors (Lipinski definition) is 5. The second-order valence-corrected chi connectivity index (χ2v) is 4.88. The van der Waals surface area contributed by atoms with Gasteiger partial charge in [0.1, 0.15) is 5.78 Å². The lowest BCUT2D eigenvalue weighted by atomic mass is 10.0. The minimum atomic E-state index is 0.189. The van der Waals surface area contributed by atoms with Gasteiger partial charge >= 0.3 is 0 Å². The zero-order valence-corrected chi connectivity index (χ0v) is 10.6. The maximum absolute atomic E-state index is 12.0. The van der Waals surface area contributed by atoms with Gasteiger partial charge in [-0.1, -0.05) is 18.0 Å². The molecule has 5 nitrogen and oxygen atoms in total. The quantitative estimate of drug-likeness (QED) is 0.841. The number of aromatic nitrogens is 3. The van der Waals surface area contributed by atoms with Gasteiger partial charge in [-0.15, -0.1) is 0 Å². The van der Waals surface area contributed by atoms with Crippen LogP contribution in [0.4, 0.5) is 0 Å². The summed E-state index contributed by atoms with van der Waals surface area (Å²) in [6, 6.07) is 3.68. The average Bonchev–Trinajstić information content (AvgIpc) is 3.11. The van der Waals surface area contributed by atoms with Crippen LogP contribution in [0.2, 0.25) is 0 Å². The summed E-state index contributed by atoms with van der Waals surface area (Å²) >= 11 is 0. The summed E-state index contributed by atoms with van der Waals surface area (Å²) in [6.45, 7) is 0. The van der Waals surface area contributed by atoms with E-state index in [4.69, 9.17) is 4.52 Å². The highest BCUT2D eigenvalue weighted by molar-refractivity contribution is 5.82. The van der Waals surface area contributed by atoms with Crippen molar-refractivity contribution in [1.82, 2.24) is 15.1 Å². The van der Waals surface area contributed by atoms with E-state index in [0.29, 0.717) is 11.7 Å². The minimum absolute atomic E-state index is 0.189. The number of ketones is 1. The first-order chi connectivity index (χ1) is 9.33. The summed E-state index contributed by atoms with van der Waals surface area (Å²) in [6.07, 6.45) is 7.92. The molecule has 1 fully saturated rings. The van der Waals surface area contributed by atoms with Gasteiger partial charge < -0.3 is 4.52 Å². The van der Waals surface area contributed by atoms with Gasteiger partial charge in [0, 0.05) is 23.9 Å². The fraction of sp³-hybridized carbons (Fsp3) is 0.429. The fourth-order valence-corrected chi connectivity index (χ4v) is 2.48. The molecule has 0 aromatic carbocycles. The van der Waals surface area contributed by atoms with E-state index in [-0.39, 0.29) is 18.1 Å². The van der Waals surface area contributed by atoms with E-state index in [1.165, 1.54) is 0 Å². The summed E-state index contributed by atoms with van der Waals surface area (Å²) in [4.78, 5) is 20.3. The number of nitrogens with zero attached hydrogens (tertiary/aromatic N) is 3. The Kier molecular flexibility index (Phi) is 3.35. The molecule has 0 aliphatic heterocycles. The van der Waals surface area contributed by atoms with Crippen molar-refractivity contribution in [2.24, 2.45) is 5.92 Å². The van der Waals surface area contributed by atoms with E-state index in [1.807, 2.05) is 12.1 Å². The van der Waals surface area contributed by atoms with Crippen molar-refractivity contribution in [3.05, 3.63) is 30.4 Å². The van der Waals surface area contributed by atoms with Gasteiger partial charge in [-0.2, -0.15) is 4.98 Å². The lowest BCUT2D eigenvalue weighted by Crippen LogP contribution is -2.13. The molecule has 0 amide bonds. The molecule has 0 saturated heterocycles. The highest BCUT2D eigenvalue weighted by Crippen LogP contribution is 2.26. The molecule has 0 bridgehead atoms. The zero-order chi connectivity index (χ0) is 13.1. The molecule has 0 N–H and O–H groups in total. The van der Waals surface area contributed by atoms with E-state index in [9.17, 15) is 4.79 Å². The van der Waals surface area contributed by atoms with Crippen LogP contribution in [0.5, 0.6) is 0 Å². The Labute approximate surface area is 111 Å². The predicted octanol–water partition coefficient (Wildman–Crippen LogP) is 2.43. The lowest BCUT2D eigenvalue weighted by molar-refractivity contribution is -0.122. The lowest BCUT2D eigenvalue weighted by Gasteiger charge is -2.04. The van der Waals surface area contributed by atoms with Crippen LogP contribution in [0, 0.1) is 5.92 Å². The monoisotopic (exact) mass is 257 g/mol. The van der Waals surface area contributed by atoms with E-state index in [0.717, 1.165) is 31.2 Å². The molecule has 2 aromatic rings. The molecule has 3 rings (SSSR count). The van der Waals surface area contributed by atoms with Crippen molar-refractivity contribution in [2.45, 2.75) is 32.1 Å². The Morgan fingerprint density at radius 3 is 2.95 bits per heavy atom. The number of carbonyl (C=O) groups excluding carboxylic acids is 1. The maximum atomic E-state index is 12.0. The molecule has 98 valence electrons. The molecule has 1 aliphatic carbocycles. The first kappa shape index (κ1) is 12.0. The Bertz CT molecular complexity index is 559. The molecule has 0 unspecified atom stereocenters. The summed E-state index contributed by atoms with van der Waals surface area (Å²) in [5.41, 5.74) is 0.797. The molecule has 2 heterocycles. The van der Waals surface area contributed by atoms with Crippen LogP contribution < -0.4 is 0 Å². The molecule has 2 aromatic heterocycles. The van der Waals surface area contributed by atoms with Gasteiger partial charge in [0.25, 0.3) is 0 Å². The van der Waals surface area contributed by atoms with Gasteiger partial charge in [-0.25, -0.2) is 0 Å². The third-order valence-electron chi connectivity index (χ3n) is 3.52. The number of pyridine rings is 1. The molecular weight excluding hydrogens is 242 g/mol. The van der Waals surface area contributed by atoms with Gasteiger partial charge in [0.15, 0.2) is 0 Å². The average molecular weight is 257 g/mol. The number of carbonyl (C=O) groups is 1. The first-order valence-corrected chi connectivity index (χ1v) is 6.58. The summed E-state index contributed by atoms with van der Waals surface area (Å²) in [5, 5.41) is 3.89. The predicted molar refractivity (Wildman–Crippen MR) is 68.2 cm³/mol. The Morgan fingerprint density at radius 2 is 2.21 bits per heavy atom. The Morgan fingerprint density at radius 1 is 1.37 bits per heavy atom. The summed E-state index contributed by atoms with van der Waals surface area (Å²) < 4.78 is 5.14. The Balaban J connectivity index is 1.70. The topological polar surface area (TPSA) is 68.9 Å². The maximum Gasteiger partial charge on any atom is 0.234 e. The number of hydrogen-bond donors (Lipinski definition) is 0. The standard InChI is InChI=1S/C14H15N3O2/c18-12(10-4-1-2-5-10)8-13-16-14(17-19-13)11-6-3-7-15-9-11/h3,6-7,9-10H,1-2,4-5,8H2. The van der Waals surface area contributed by atoms with Crippen molar-refractivity contribution in [2.75, 3.05) is 0 Å². The van der Waals surface area contributed by atoms with Crippen LogP contribution in [-0.2, 0) is 11.2 Å². The van der Waals surface area contributed by atoms with Gasteiger partial charge in [-0.3, -0.25) is 9.78 Å². The smallest absolute Gasteiger partial charge is 0.234 e. The van der Waals surface area contributed by atoms with Crippen LogP contribution in [0.3, 0.4) is 0 Å². The van der Waals surface area contributed by atoms with Crippen molar-refractivity contribution >= 4 is 5.78 Å². The molecular formula is C14H15N3O2. The fourth-order valence-electron chi connectivity index (χ4n) is 2.48. The first-order valence-electron chi connectivity index (χ1n) is 6.58. The summed E-state index contributed by atoms with van der Waals surface area (Å²) in [5.74, 6) is 1.30. The van der Waals surface area contributed by atoms with Gasteiger partial charge in [0.05, 0.1) is 6.42 Å². The highest BCUT2D eigenvalue weighted by Gasteiger charge is 2.24. The third kappa shape index (κ3) is 2.70. The third-order valence-corrected chi connectivity index (χ3v) is 3.52. The van der Waals surface area contributed by atoms with E-state index in [2.05, 4.69) is 15.1 Å². The zero-order valence-electron chi connectivity index (χ0n) is 10.6. The summed E-state index contributed by atoms with van der Waals surface area (Å²) in [7, 11) is 0. The molecule has 0 spiro atoms. The SMILES string of the molecule is O=C(Cc1nc(-c2cccnc2)no1)C1CCCC1. The van der Waals surface area contributed by atoms with Crippen molar-refractivity contribution in [1.29, 1.82) is 0 Å². The molecule has 1 saturated carbocycles. The van der Waals surface area contributed by atoms with E-state index >= 15 is 0 Å². The number of rotatable bonds is 4. The van der Waals surface area contributed by atoms with Crippen molar-refractivity contribution < 1.29 is 9.32 Å². The van der Waals surface area contributed by atoms with Crippen LogP contribution in [0.1, 0.15) is 31.6 Å². The molecule has 5 heteroatoms. The van der Waals surface area contributed by atoms with E-state index < -0.39 is 0 Å². The second-order valence-electron chi connectivity index (χ2n) is 4.88. The van der Waals surface area contributed by atoms with Crippen LogP contribution >= 0.6 is 0 Å². The second kappa shape index (κ2) is 5.30. The normalized spacial score (nSPS) is 15.8. The van der Waals surface area contributed by atoms with E-state index in [1.54, 1.807) is 12.4 Å². The van der Waals surface area contributed by atoms with Gasteiger partial charge in [-0.05, 0) is 25.0 Å². The molecule has 1 aliphatic rings. The van der Waals surface area contributed by atoms with Gasteiger partial charge in [0.2, 0.25) is 11.7 Å². The largest absolute Gasteiger partial charge is 0.338 e. The molecule has 0 radical (unpaired) electrons.